The van der Waals surface area contributed by atoms with E-state index < -0.39 is 0 Å². The molecule has 0 bridgehead atoms. The normalized spacial score (nSPS) is 24.8. The fourth-order valence-corrected chi connectivity index (χ4v) is 3.14. The maximum Gasteiger partial charge on any atom is 0.0527 e. The minimum atomic E-state index is -0.110. The molecule has 2 nitrogen and oxygen atoms in total. The summed E-state index contributed by atoms with van der Waals surface area (Å²) in [5.41, 5.74) is 9.00. The van der Waals surface area contributed by atoms with E-state index in [2.05, 4.69) is 24.3 Å². The van der Waals surface area contributed by atoms with Crippen LogP contribution in [0.25, 0.3) is 0 Å². The third-order valence-corrected chi connectivity index (χ3v) is 4.70. The summed E-state index contributed by atoms with van der Waals surface area (Å²) < 4.78 is 0. The smallest absolute Gasteiger partial charge is 0.0527 e. The molecule has 2 aliphatic rings. The molecular formula is C15H21NO. The van der Waals surface area contributed by atoms with Crippen LogP contribution in [0, 0.1) is 0 Å². The molecule has 2 aliphatic carbocycles. The van der Waals surface area contributed by atoms with E-state index in [-0.39, 0.29) is 17.6 Å². The molecule has 17 heavy (non-hydrogen) atoms. The molecule has 0 aliphatic heterocycles. The van der Waals surface area contributed by atoms with Gasteiger partial charge < -0.3 is 10.8 Å². The highest BCUT2D eigenvalue weighted by atomic mass is 16.3. The minimum Gasteiger partial charge on any atom is -0.395 e. The highest BCUT2D eigenvalue weighted by molar-refractivity contribution is 5.37. The maximum absolute atomic E-state index is 9.50. The third kappa shape index (κ3) is 1.80. The lowest BCUT2D eigenvalue weighted by atomic mass is 9.85. The Bertz CT molecular complexity index is 417. The second kappa shape index (κ2) is 3.82. The van der Waals surface area contributed by atoms with Crippen LogP contribution in [0.5, 0.6) is 0 Å². The molecule has 3 rings (SSSR count). The van der Waals surface area contributed by atoms with E-state index in [1.54, 1.807) is 0 Å². The standard InChI is InChI=1S/C15H21NO/c16-15(6-1-2-7-15)13-5-3-4-12(10-13)14(11-17)8-9-14/h3-5,10,17H,1-2,6-9,11,16H2. The molecule has 0 amide bonds. The van der Waals surface area contributed by atoms with Gasteiger partial charge in [-0.25, -0.2) is 0 Å². The van der Waals surface area contributed by atoms with Crippen molar-refractivity contribution < 1.29 is 5.11 Å². The monoisotopic (exact) mass is 231 g/mol. The van der Waals surface area contributed by atoms with Gasteiger partial charge in [0.1, 0.15) is 0 Å². The van der Waals surface area contributed by atoms with Gasteiger partial charge in [0.05, 0.1) is 6.61 Å². The van der Waals surface area contributed by atoms with Gasteiger partial charge in [-0.3, -0.25) is 0 Å². The summed E-state index contributed by atoms with van der Waals surface area (Å²) in [7, 11) is 0. The molecule has 2 fully saturated rings. The lowest BCUT2D eigenvalue weighted by Gasteiger charge is -2.25. The highest BCUT2D eigenvalue weighted by Crippen LogP contribution is 2.48. The Kier molecular flexibility index (Phi) is 2.53. The second-order valence-electron chi connectivity index (χ2n) is 5.88. The number of aliphatic hydroxyl groups is 1. The van der Waals surface area contributed by atoms with Crippen molar-refractivity contribution in [2.45, 2.75) is 49.5 Å². The van der Waals surface area contributed by atoms with Crippen LogP contribution in [-0.2, 0) is 11.0 Å². The molecule has 0 radical (unpaired) electrons. The van der Waals surface area contributed by atoms with Crippen LogP contribution in [0.15, 0.2) is 24.3 Å². The Balaban J connectivity index is 1.94. The van der Waals surface area contributed by atoms with Gasteiger partial charge in [-0.15, -0.1) is 0 Å². The lowest BCUT2D eigenvalue weighted by Crippen LogP contribution is -2.33. The summed E-state index contributed by atoms with van der Waals surface area (Å²) in [6.07, 6.45) is 6.91. The molecule has 1 aromatic carbocycles. The molecule has 3 N–H and O–H groups in total. The Morgan fingerprint density at radius 3 is 2.29 bits per heavy atom. The fourth-order valence-electron chi connectivity index (χ4n) is 3.14. The van der Waals surface area contributed by atoms with Gasteiger partial charge >= 0.3 is 0 Å². The van der Waals surface area contributed by atoms with Crippen LogP contribution in [0.2, 0.25) is 0 Å². The van der Waals surface area contributed by atoms with Crippen molar-refractivity contribution in [2.75, 3.05) is 6.61 Å². The van der Waals surface area contributed by atoms with E-state index >= 15 is 0 Å². The molecular weight excluding hydrogens is 210 g/mol. The van der Waals surface area contributed by atoms with E-state index in [0.29, 0.717) is 0 Å². The highest BCUT2D eigenvalue weighted by Gasteiger charge is 2.44. The number of rotatable bonds is 3. The van der Waals surface area contributed by atoms with Crippen molar-refractivity contribution in [3.8, 4) is 0 Å². The summed E-state index contributed by atoms with van der Waals surface area (Å²) in [4.78, 5) is 0. The molecule has 2 saturated carbocycles. The topological polar surface area (TPSA) is 46.2 Å². The summed E-state index contributed by atoms with van der Waals surface area (Å²) >= 11 is 0. The number of hydrogen-bond acceptors (Lipinski definition) is 2. The molecule has 1 aromatic rings. The first-order valence-electron chi connectivity index (χ1n) is 6.69. The van der Waals surface area contributed by atoms with Gasteiger partial charge in [-0.05, 0) is 36.8 Å². The molecule has 0 aromatic heterocycles. The van der Waals surface area contributed by atoms with Gasteiger partial charge in [-0.1, -0.05) is 37.1 Å². The average Bonchev–Trinajstić information content (AvgIpc) is 3.06. The molecule has 0 saturated heterocycles. The number of hydrogen-bond donors (Lipinski definition) is 2. The minimum absolute atomic E-state index is 0.0605. The first-order valence-corrected chi connectivity index (χ1v) is 6.69. The molecule has 92 valence electrons. The zero-order chi connectivity index (χ0) is 11.9. The molecule has 0 unspecified atom stereocenters. The second-order valence-corrected chi connectivity index (χ2v) is 5.88. The van der Waals surface area contributed by atoms with Gasteiger partial charge in [0.2, 0.25) is 0 Å². The maximum atomic E-state index is 9.50. The van der Waals surface area contributed by atoms with Crippen LogP contribution in [0.4, 0.5) is 0 Å². The summed E-state index contributed by atoms with van der Waals surface area (Å²) in [6.45, 7) is 0.272. The van der Waals surface area contributed by atoms with Crippen LogP contribution < -0.4 is 5.73 Å². The molecule has 0 heterocycles. The summed E-state index contributed by atoms with van der Waals surface area (Å²) in [5.74, 6) is 0. The van der Waals surface area contributed by atoms with Gasteiger partial charge in [-0.2, -0.15) is 0 Å². The summed E-state index contributed by atoms with van der Waals surface area (Å²) in [5, 5.41) is 9.50. The number of benzene rings is 1. The van der Waals surface area contributed by atoms with Crippen molar-refractivity contribution in [2.24, 2.45) is 5.73 Å². The van der Waals surface area contributed by atoms with Crippen molar-refractivity contribution in [1.82, 2.24) is 0 Å². The zero-order valence-corrected chi connectivity index (χ0v) is 10.3. The van der Waals surface area contributed by atoms with Gasteiger partial charge in [0.25, 0.3) is 0 Å². The van der Waals surface area contributed by atoms with Crippen LogP contribution >= 0.6 is 0 Å². The molecule has 0 spiro atoms. The largest absolute Gasteiger partial charge is 0.395 e. The fraction of sp³-hybridized carbons (Fsp3) is 0.600. The predicted molar refractivity (Wildman–Crippen MR) is 68.8 cm³/mol. The quantitative estimate of drug-likeness (QED) is 0.839. The van der Waals surface area contributed by atoms with Crippen molar-refractivity contribution in [3.05, 3.63) is 35.4 Å². The summed E-state index contributed by atoms with van der Waals surface area (Å²) in [6, 6.07) is 8.65. The van der Waals surface area contributed by atoms with Crippen molar-refractivity contribution >= 4 is 0 Å². The third-order valence-electron chi connectivity index (χ3n) is 4.70. The van der Waals surface area contributed by atoms with E-state index in [1.807, 2.05) is 0 Å². The van der Waals surface area contributed by atoms with E-state index in [9.17, 15) is 5.11 Å². The van der Waals surface area contributed by atoms with Crippen LogP contribution in [0.3, 0.4) is 0 Å². The van der Waals surface area contributed by atoms with E-state index in [0.717, 1.165) is 25.7 Å². The first-order chi connectivity index (χ1) is 8.19. The van der Waals surface area contributed by atoms with Gasteiger partial charge in [0.15, 0.2) is 0 Å². The van der Waals surface area contributed by atoms with E-state index in [4.69, 9.17) is 5.73 Å². The average molecular weight is 231 g/mol. The number of nitrogens with two attached hydrogens (primary N) is 1. The van der Waals surface area contributed by atoms with Crippen molar-refractivity contribution in [1.29, 1.82) is 0 Å². The van der Waals surface area contributed by atoms with E-state index in [1.165, 1.54) is 24.0 Å². The Morgan fingerprint density at radius 1 is 1.06 bits per heavy atom. The Morgan fingerprint density at radius 2 is 1.71 bits per heavy atom. The first kappa shape index (κ1) is 11.2. The van der Waals surface area contributed by atoms with Crippen LogP contribution in [0.1, 0.15) is 49.7 Å². The SMILES string of the molecule is NC1(c2cccc(C3(CO)CC3)c2)CCCC1. The van der Waals surface area contributed by atoms with Crippen LogP contribution in [-0.4, -0.2) is 11.7 Å². The van der Waals surface area contributed by atoms with Gasteiger partial charge in [0, 0.05) is 11.0 Å². The predicted octanol–water partition coefficient (Wildman–Crippen LogP) is 2.44. The molecule has 2 heteroatoms. The number of aliphatic hydroxyl groups excluding tert-OH is 1. The Hall–Kier alpha value is -0.860. The lowest BCUT2D eigenvalue weighted by molar-refractivity contribution is 0.255. The molecule has 0 atom stereocenters. The van der Waals surface area contributed by atoms with Crippen molar-refractivity contribution in [3.63, 3.8) is 0 Å². The Labute approximate surface area is 103 Å². The zero-order valence-electron chi connectivity index (χ0n) is 10.3.